The molecule has 0 spiro atoms. The Labute approximate surface area is 158 Å². The SMILES string of the molecule is CCNC(=NCC1CCCCO1)NC1CN(C2CC2)CC1C.I. The number of nitrogens with one attached hydrogen (secondary N) is 2. The van der Waals surface area contributed by atoms with Crippen LogP contribution in [0.25, 0.3) is 0 Å². The zero-order valence-corrected chi connectivity index (χ0v) is 16.9. The van der Waals surface area contributed by atoms with Gasteiger partial charge in [0.05, 0.1) is 12.6 Å². The number of rotatable bonds is 5. The van der Waals surface area contributed by atoms with E-state index in [1.807, 2.05) is 0 Å². The van der Waals surface area contributed by atoms with Gasteiger partial charge in [-0.05, 0) is 44.9 Å². The quantitative estimate of drug-likeness (QED) is 0.394. The van der Waals surface area contributed by atoms with Crippen molar-refractivity contribution in [2.75, 3.05) is 32.8 Å². The summed E-state index contributed by atoms with van der Waals surface area (Å²) in [6, 6.07) is 1.38. The summed E-state index contributed by atoms with van der Waals surface area (Å²) in [5, 5.41) is 7.05. The number of halogens is 1. The van der Waals surface area contributed by atoms with E-state index in [0.717, 1.165) is 44.7 Å². The first-order chi connectivity index (χ1) is 10.8. The summed E-state index contributed by atoms with van der Waals surface area (Å²) in [5.41, 5.74) is 0. The highest BCUT2D eigenvalue weighted by molar-refractivity contribution is 14.0. The molecule has 0 bridgehead atoms. The Hall–Kier alpha value is -0.0800. The van der Waals surface area contributed by atoms with Crippen molar-refractivity contribution >= 4 is 29.9 Å². The Balaban J connectivity index is 0.00000192. The number of guanidine groups is 1. The molecule has 0 aromatic heterocycles. The number of aliphatic imine (C=N–C) groups is 1. The maximum Gasteiger partial charge on any atom is 0.191 e. The van der Waals surface area contributed by atoms with Crippen LogP contribution in [-0.4, -0.2) is 61.8 Å². The van der Waals surface area contributed by atoms with Crippen molar-refractivity contribution in [2.24, 2.45) is 10.9 Å². The van der Waals surface area contributed by atoms with Crippen LogP contribution in [0.5, 0.6) is 0 Å². The summed E-state index contributed by atoms with van der Waals surface area (Å²) in [6.45, 7) is 9.47. The monoisotopic (exact) mass is 436 g/mol. The zero-order valence-electron chi connectivity index (χ0n) is 14.6. The van der Waals surface area contributed by atoms with E-state index in [0.29, 0.717) is 18.1 Å². The average Bonchev–Trinajstić information content (AvgIpc) is 3.31. The average molecular weight is 436 g/mol. The molecule has 0 aromatic rings. The molecule has 23 heavy (non-hydrogen) atoms. The van der Waals surface area contributed by atoms with Crippen LogP contribution in [0.1, 0.15) is 46.0 Å². The van der Waals surface area contributed by atoms with Gasteiger partial charge in [0.2, 0.25) is 0 Å². The van der Waals surface area contributed by atoms with Gasteiger partial charge in [0.1, 0.15) is 0 Å². The summed E-state index contributed by atoms with van der Waals surface area (Å²) in [5.74, 6) is 1.65. The minimum atomic E-state index is 0. The lowest BCUT2D eigenvalue weighted by molar-refractivity contribution is 0.0224. The summed E-state index contributed by atoms with van der Waals surface area (Å²) >= 11 is 0. The lowest BCUT2D eigenvalue weighted by Crippen LogP contribution is -2.47. The van der Waals surface area contributed by atoms with Crippen molar-refractivity contribution in [1.29, 1.82) is 0 Å². The summed E-state index contributed by atoms with van der Waals surface area (Å²) in [4.78, 5) is 7.42. The first-order valence-corrected chi connectivity index (χ1v) is 9.16. The van der Waals surface area contributed by atoms with Gasteiger partial charge in [0.25, 0.3) is 0 Å². The van der Waals surface area contributed by atoms with Crippen molar-refractivity contribution in [3.63, 3.8) is 0 Å². The van der Waals surface area contributed by atoms with Crippen molar-refractivity contribution in [3.8, 4) is 0 Å². The van der Waals surface area contributed by atoms with E-state index in [1.54, 1.807) is 0 Å². The number of hydrogen-bond donors (Lipinski definition) is 2. The lowest BCUT2D eigenvalue weighted by atomic mass is 10.1. The molecule has 0 radical (unpaired) electrons. The first-order valence-electron chi connectivity index (χ1n) is 9.16. The molecule has 2 N–H and O–H groups in total. The smallest absolute Gasteiger partial charge is 0.191 e. The largest absolute Gasteiger partial charge is 0.376 e. The highest BCUT2D eigenvalue weighted by Gasteiger charge is 2.38. The Morgan fingerprint density at radius 2 is 2.04 bits per heavy atom. The van der Waals surface area contributed by atoms with Gasteiger partial charge in [-0.25, -0.2) is 0 Å². The zero-order chi connectivity index (χ0) is 15.4. The van der Waals surface area contributed by atoms with Crippen LogP contribution in [0.2, 0.25) is 0 Å². The van der Waals surface area contributed by atoms with Gasteiger partial charge in [-0.15, -0.1) is 24.0 Å². The fraction of sp³-hybridized carbons (Fsp3) is 0.941. The molecule has 3 aliphatic rings. The number of likely N-dealkylation sites (tertiary alicyclic amines) is 1. The third-order valence-electron chi connectivity index (χ3n) is 5.10. The van der Waals surface area contributed by atoms with Gasteiger partial charge in [0.15, 0.2) is 5.96 Å². The molecule has 0 amide bonds. The van der Waals surface area contributed by atoms with Gasteiger partial charge < -0.3 is 15.4 Å². The van der Waals surface area contributed by atoms with Crippen LogP contribution >= 0.6 is 24.0 Å². The normalized spacial score (nSPS) is 32.4. The molecule has 2 saturated heterocycles. The lowest BCUT2D eigenvalue weighted by Gasteiger charge is -2.23. The predicted octanol–water partition coefficient (Wildman–Crippen LogP) is 2.21. The van der Waals surface area contributed by atoms with E-state index in [4.69, 9.17) is 9.73 Å². The molecular weight excluding hydrogens is 403 g/mol. The van der Waals surface area contributed by atoms with Crippen LogP contribution in [-0.2, 0) is 4.74 Å². The number of ether oxygens (including phenoxy) is 1. The maximum absolute atomic E-state index is 5.78. The molecule has 2 heterocycles. The molecule has 6 heteroatoms. The molecule has 0 aromatic carbocycles. The Morgan fingerprint density at radius 3 is 2.70 bits per heavy atom. The van der Waals surface area contributed by atoms with Gasteiger partial charge in [-0.2, -0.15) is 0 Å². The number of hydrogen-bond acceptors (Lipinski definition) is 3. The molecule has 5 nitrogen and oxygen atoms in total. The second-order valence-corrected chi connectivity index (χ2v) is 7.12. The molecule has 2 aliphatic heterocycles. The predicted molar refractivity (Wildman–Crippen MR) is 106 cm³/mol. The molecular formula is C17H33IN4O. The van der Waals surface area contributed by atoms with E-state index < -0.39 is 0 Å². The van der Waals surface area contributed by atoms with Crippen molar-refractivity contribution in [3.05, 3.63) is 0 Å². The first kappa shape index (κ1) is 19.2. The molecule has 3 fully saturated rings. The van der Waals surface area contributed by atoms with E-state index >= 15 is 0 Å². The van der Waals surface area contributed by atoms with Gasteiger partial charge in [-0.1, -0.05) is 6.92 Å². The third-order valence-corrected chi connectivity index (χ3v) is 5.10. The molecule has 1 aliphatic carbocycles. The maximum atomic E-state index is 5.78. The van der Waals surface area contributed by atoms with E-state index in [2.05, 4.69) is 29.4 Å². The number of nitrogens with zero attached hydrogens (tertiary/aromatic N) is 2. The second-order valence-electron chi connectivity index (χ2n) is 7.12. The van der Waals surface area contributed by atoms with Crippen LogP contribution in [0.4, 0.5) is 0 Å². The third kappa shape index (κ3) is 5.74. The van der Waals surface area contributed by atoms with Crippen LogP contribution in [0.3, 0.4) is 0 Å². The topological polar surface area (TPSA) is 48.9 Å². The summed E-state index contributed by atoms with van der Waals surface area (Å²) in [7, 11) is 0. The van der Waals surface area contributed by atoms with Crippen molar-refractivity contribution < 1.29 is 4.74 Å². The standard InChI is InChI=1S/C17H32N4O.HI/c1-3-18-17(19-10-15-6-4-5-9-22-15)20-16-12-21(11-13(16)2)14-7-8-14;/h13-16H,3-12H2,1-2H3,(H2,18,19,20);1H. The highest BCUT2D eigenvalue weighted by atomic mass is 127. The van der Waals surface area contributed by atoms with Crippen LogP contribution in [0.15, 0.2) is 4.99 Å². The van der Waals surface area contributed by atoms with E-state index in [-0.39, 0.29) is 24.0 Å². The highest BCUT2D eigenvalue weighted by Crippen LogP contribution is 2.31. The molecule has 3 unspecified atom stereocenters. The minimum absolute atomic E-state index is 0. The molecule has 1 saturated carbocycles. The Bertz CT molecular complexity index is 383. The van der Waals surface area contributed by atoms with Crippen molar-refractivity contribution in [1.82, 2.24) is 15.5 Å². The van der Waals surface area contributed by atoms with Crippen molar-refractivity contribution in [2.45, 2.75) is 64.1 Å². The fourth-order valence-corrected chi connectivity index (χ4v) is 3.57. The van der Waals surface area contributed by atoms with Gasteiger partial charge in [-0.3, -0.25) is 9.89 Å². The molecule has 134 valence electrons. The summed E-state index contributed by atoms with van der Waals surface area (Å²) in [6.07, 6.45) is 6.74. The Kier molecular flexibility index (Phi) is 7.88. The van der Waals surface area contributed by atoms with Crippen LogP contribution in [0, 0.1) is 5.92 Å². The van der Waals surface area contributed by atoms with Gasteiger partial charge >= 0.3 is 0 Å². The minimum Gasteiger partial charge on any atom is -0.376 e. The molecule has 3 rings (SSSR count). The van der Waals surface area contributed by atoms with E-state index in [9.17, 15) is 0 Å². The van der Waals surface area contributed by atoms with E-state index in [1.165, 1.54) is 32.2 Å². The summed E-state index contributed by atoms with van der Waals surface area (Å²) < 4.78 is 5.78. The van der Waals surface area contributed by atoms with Crippen LogP contribution < -0.4 is 10.6 Å². The second kappa shape index (κ2) is 9.42. The fourth-order valence-electron chi connectivity index (χ4n) is 3.57. The molecule has 3 atom stereocenters. The Morgan fingerprint density at radius 1 is 1.22 bits per heavy atom. The van der Waals surface area contributed by atoms with Gasteiger partial charge in [0, 0.05) is 38.3 Å².